The Hall–Kier alpha value is -2.45. The molecule has 0 aromatic heterocycles. The van der Waals surface area contributed by atoms with Crippen LogP contribution < -0.4 is 0 Å². The Bertz CT molecular complexity index is 1700. The fourth-order valence-corrected chi connectivity index (χ4v) is 9.70. The second-order valence-corrected chi connectivity index (χ2v) is 20.9. The lowest BCUT2D eigenvalue weighted by Crippen LogP contribution is -2.56. The molecule has 1 fully saturated rings. The molecule has 21 heteroatoms. The van der Waals surface area contributed by atoms with Gasteiger partial charge in [0, 0.05) is 25.2 Å². The Kier molecular flexibility index (Phi) is 32.4. The number of unbranched alkanes of at least 4 members (excludes halogenated alkanes) is 12. The Balaban J connectivity index is 2.30. The number of allylic oxidation sites excluding steroid dienone is 6. The minimum Gasteiger partial charge on any atom is -0.462 e. The van der Waals surface area contributed by atoms with Crippen LogP contribution in [0.5, 0.6) is 0 Å². The number of cyclic esters (lactones) is 1. The Morgan fingerprint density at radius 2 is 1.46 bits per heavy atom. The van der Waals surface area contributed by atoms with Crippen molar-refractivity contribution in [3.8, 4) is 0 Å². The Morgan fingerprint density at radius 3 is 2.11 bits per heavy atom. The van der Waals surface area contributed by atoms with E-state index < -0.39 is 120 Å². The van der Waals surface area contributed by atoms with Gasteiger partial charge in [-0.3, -0.25) is 28.0 Å². The van der Waals surface area contributed by atoms with Gasteiger partial charge in [-0.2, -0.15) is 0 Å². The van der Waals surface area contributed by atoms with Crippen LogP contribution in [0.15, 0.2) is 48.6 Å². The lowest BCUT2D eigenvalue weighted by atomic mass is 9.83. The molecule has 2 bridgehead atoms. The van der Waals surface area contributed by atoms with Gasteiger partial charge in [-0.05, 0) is 64.2 Å². The summed E-state index contributed by atoms with van der Waals surface area (Å²) in [5.74, 6) is -5.82. The molecule has 0 amide bonds. The minimum absolute atomic E-state index is 0.0462. The molecule has 2 rings (SSSR count). The van der Waals surface area contributed by atoms with Crippen molar-refractivity contribution in [3.05, 3.63) is 48.6 Å². The molecule has 1 aliphatic carbocycles. The molecule has 0 aromatic carbocycles. The van der Waals surface area contributed by atoms with E-state index in [-0.39, 0.29) is 38.5 Å². The van der Waals surface area contributed by atoms with Crippen molar-refractivity contribution < 1.29 is 91.9 Å². The van der Waals surface area contributed by atoms with Gasteiger partial charge in [0.25, 0.3) is 0 Å². The number of esters is 2. The zero-order valence-electron chi connectivity index (χ0n) is 41.1. The van der Waals surface area contributed by atoms with E-state index in [9.17, 15) is 68.8 Å². The third-order valence-electron chi connectivity index (χ3n) is 12.2. The second kappa shape index (κ2) is 35.7. The van der Waals surface area contributed by atoms with Crippen molar-refractivity contribution in [2.24, 2.45) is 11.8 Å². The molecule has 9 N–H and O–H groups in total. The van der Waals surface area contributed by atoms with Gasteiger partial charge in [-0.1, -0.05) is 127 Å². The fourth-order valence-electron chi connectivity index (χ4n) is 8.17. The molecule has 19 nitrogen and oxygen atoms in total. The van der Waals surface area contributed by atoms with E-state index in [1.54, 1.807) is 6.08 Å². The van der Waals surface area contributed by atoms with Gasteiger partial charge in [0.15, 0.2) is 6.10 Å². The maximum absolute atomic E-state index is 13.9. The predicted octanol–water partition coefficient (Wildman–Crippen LogP) is 6.65. The molecule has 0 aromatic rings. The summed E-state index contributed by atoms with van der Waals surface area (Å²) in [6.45, 7) is 2.51. The van der Waals surface area contributed by atoms with Crippen LogP contribution in [-0.4, -0.2) is 131 Å². The smallest absolute Gasteiger partial charge is 0.462 e. The summed E-state index contributed by atoms with van der Waals surface area (Å²) >= 11 is 0. The zero-order valence-corrected chi connectivity index (χ0v) is 42.9. The molecule has 404 valence electrons. The maximum atomic E-state index is 13.9. The van der Waals surface area contributed by atoms with E-state index in [1.165, 1.54) is 25.3 Å². The molecule has 1 aliphatic heterocycles. The van der Waals surface area contributed by atoms with E-state index >= 15 is 0 Å². The molecule has 2 aliphatic rings. The summed E-state index contributed by atoms with van der Waals surface area (Å²) in [7, 11) is -11.5. The first-order valence-electron chi connectivity index (χ1n) is 25.3. The van der Waals surface area contributed by atoms with E-state index in [4.69, 9.17) is 23.0 Å². The molecular weight excluding hydrogens is 954 g/mol. The monoisotopic (exact) mass is 1040 g/mol. The highest BCUT2D eigenvalue weighted by molar-refractivity contribution is 7.47. The van der Waals surface area contributed by atoms with Crippen molar-refractivity contribution in [2.45, 2.75) is 216 Å². The summed E-state index contributed by atoms with van der Waals surface area (Å²) in [5, 5.41) is 68.1. The number of ketones is 1. The number of aliphatic hydroxyl groups is 6. The second-order valence-electron chi connectivity index (χ2n) is 18.3. The largest absolute Gasteiger partial charge is 0.472 e. The van der Waals surface area contributed by atoms with Crippen molar-refractivity contribution in [1.29, 1.82) is 0 Å². The van der Waals surface area contributed by atoms with Gasteiger partial charge in [0.05, 0.1) is 36.9 Å². The Labute approximate surface area is 414 Å². The molecule has 0 saturated heterocycles. The number of ether oxygens (including phenoxy) is 2. The number of rotatable bonds is 25. The van der Waals surface area contributed by atoms with Gasteiger partial charge >= 0.3 is 27.6 Å². The van der Waals surface area contributed by atoms with Gasteiger partial charge < -0.3 is 54.8 Å². The highest BCUT2D eigenvalue weighted by Crippen LogP contribution is 2.49. The average molecular weight is 1040 g/mol. The number of hydrogen-bond donors (Lipinski definition) is 9. The quantitative estimate of drug-likeness (QED) is 0.0200. The summed E-state index contributed by atoms with van der Waals surface area (Å²) in [5.41, 5.74) is 0. The van der Waals surface area contributed by atoms with Crippen molar-refractivity contribution in [1.82, 2.24) is 0 Å². The third-order valence-corrected chi connectivity index (χ3v) is 13.8. The number of Topliss-reactive ketones (excluding diaryl/α,β-unsaturated/α-hetero) is 1. The molecule has 12 atom stereocenters. The van der Waals surface area contributed by atoms with Crippen molar-refractivity contribution >= 4 is 33.4 Å². The number of fused-ring (bicyclic) bond motifs is 4. The molecule has 70 heavy (non-hydrogen) atoms. The van der Waals surface area contributed by atoms with Crippen LogP contribution in [0.3, 0.4) is 0 Å². The normalized spacial score (nSPS) is 30.5. The number of carbonyl (C=O) groups is 3. The number of aliphatic hydroxyl groups excluding tert-OH is 6. The summed E-state index contributed by atoms with van der Waals surface area (Å²) in [6.07, 6.45) is 9.14. The van der Waals surface area contributed by atoms with Gasteiger partial charge in [0.1, 0.15) is 36.8 Å². The summed E-state index contributed by atoms with van der Waals surface area (Å²) < 4.78 is 52.2. The highest BCUT2D eigenvalue weighted by Gasteiger charge is 2.51. The van der Waals surface area contributed by atoms with Crippen molar-refractivity contribution in [2.75, 3.05) is 13.2 Å². The standard InChI is InChI=1S/C49H84O19P2/c1-3-5-7-8-9-10-11-12-13-14-15-16-17-18-19-20-26-30-43(54)66-37-34-64-42(53)29-25-22-21-24-28-38-40(51)33-41(52)39(32-31-36(50)27-23-6-4-2)45(56)48(67-69(59,60)61)49(47(58)46(57)44(38)55)68-70(62,63)65-35-37/h9-10,12-13,21,24,31-32,36-40,44-51,55-58H,3-8,11,14-20,22-23,25-30,33-35H2,1-2H3,(H,62,63)(H2,59,60,61)/b10-9-,13-12-,24-21-,32-31?/t36-,37+,38-,39-,40-,44+,45+,46-,47+,48+,49-/m0/s1. The van der Waals surface area contributed by atoms with Gasteiger partial charge in [-0.25, -0.2) is 9.13 Å². The average Bonchev–Trinajstić information content (AvgIpc) is 3.30. The number of hydrogen-bond acceptors (Lipinski definition) is 16. The highest BCUT2D eigenvalue weighted by atomic mass is 31.2. The van der Waals surface area contributed by atoms with Crippen LogP contribution in [0.25, 0.3) is 0 Å². The summed E-state index contributed by atoms with van der Waals surface area (Å²) in [6, 6.07) is 0. The van der Waals surface area contributed by atoms with Crippen LogP contribution in [0.4, 0.5) is 0 Å². The molecule has 1 heterocycles. The van der Waals surface area contributed by atoms with E-state index in [2.05, 4.69) is 31.2 Å². The van der Waals surface area contributed by atoms with Gasteiger partial charge in [0.2, 0.25) is 0 Å². The van der Waals surface area contributed by atoms with Gasteiger partial charge in [-0.15, -0.1) is 0 Å². The lowest BCUT2D eigenvalue weighted by molar-refractivity contribution is -0.165. The van der Waals surface area contributed by atoms with E-state index in [1.807, 2.05) is 6.92 Å². The van der Waals surface area contributed by atoms with Crippen LogP contribution in [-0.2, 0) is 46.6 Å². The molecule has 1 saturated carbocycles. The SMILES string of the molecule is CCCCC/C=C\C/C=C\CCCCCCCCCC(=O)O[C@@H]1COC(=O)CCC/C=C\C[C@@H]2[C@@H](O)[C@H](O)[C@@H](O)[C@H](OP(=O)(O)OC1)[C@H](OP(=O)(O)O)[C@H](O)[C@@H](C=C[C@@H](O)CCCCC)C(=O)C[C@@H]2O. The van der Waals surface area contributed by atoms with Crippen LogP contribution in [0, 0.1) is 11.8 Å². The van der Waals surface area contributed by atoms with Crippen molar-refractivity contribution in [3.63, 3.8) is 0 Å². The lowest BCUT2D eigenvalue weighted by Gasteiger charge is -2.38. The number of carbonyl (C=O) groups excluding carboxylic acids is 3. The van der Waals surface area contributed by atoms with E-state index in [0.29, 0.717) is 12.8 Å². The van der Waals surface area contributed by atoms with Crippen LogP contribution in [0.1, 0.15) is 162 Å². The van der Waals surface area contributed by atoms with Crippen LogP contribution in [0.2, 0.25) is 0 Å². The first-order valence-corrected chi connectivity index (χ1v) is 28.3. The maximum Gasteiger partial charge on any atom is 0.472 e. The number of phosphoric ester groups is 2. The molecule has 0 radical (unpaired) electrons. The molecule has 1 unspecified atom stereocenters. The summed E-state index contributed by atoms with van der Waals surface area (Å²) in [4.78, 5) is 70.7. The fraction of sp³-hybridized carbons (Fsp3) is 0.776. The first-order chi connectivity index (χ1) is 33.3. The third kappa shape index (κ3) is 27.0. The predicted molar refractivity (Wildman–Crippen MR) is 261 cm³/mol. The molecular formula is C49H84O19P2. The Morgan fingerprint density at radius 1 is 0.829 bits per heavy atom. The minimum atomic E-state index is -5.80. The van der Waals surface area contributed by atoms with Crippen LogP contribution >= 0.6 is 15.6 Å². The topological polar surface area (TPSA) is 314 Å². The zero-order chi connectivity index (χ0) is 52.0. The number of phosphoric acid groups is 2. The first kappa shape index (κ1) is 63.7. The van der Waals surface area contributed by atoms with E-state index in [0.717, 1.165) is 82.8 Å². The molecule has 0 spiro atoms.